The smallest absolute Gasteiger partial charge is 0.136 e. The maximum absolute atomic E-state index is 6.03. The van der Waals surface area contributed by atoms with Gasteiger partial charge in [0.1, 0.15) is 5.76 Å². The van der Waals surface area contributed by atoms with Gasteiger partial charge >= 0.3 is 0 Å². The van der Waals surface area contributed by atoms with E-state index in [1.54, 1.807) is 18.4 Å². The molecule has 1 N–H and O–H groups in total. The van der Waals surface area contributed by atoms with E-state index < -0.39 is 0 Å². The first-order valence-corrected chi connectivity index (χ1v) is 6.61. The van der Waals surface area contributed by atoms with Crippen LogP contribution in [0.5, 0.6) is 0 Å². The summed E-state index contributed by atoms with van der Waals surface area (Å²) in [7, 11) is 0. The molecule has 0 saturated heterocycles. The average Bonchev–Trinajstić information content (AvgIpc) is 2.68. The van der Waals surface area contributed by atoms with Crippen LogP contribution in [0.2, 0.25) is 15.1 Å². The Morgan fingerprint density at radius 2 is 1.82 bits per heavy atom. The zero-order valence-corrected chi connectivity index (χ0v) is 12.3. The fourth-order valence-electron chi connectivity index (χ4n) is 1.28. The van der Waals surface area contributed by atoms with E-state index in [1.165, 1.54) is 0 Å². The molecule has 0 aliphatic rings. The van der Waals surface area contributed by atoms with Gasteiger partial charge in [0.05, 0.1) is 38.0 Å². The average molecular weight is 355 g/mol. The first-order valence-electron chi connectivity index (χ1n) is 4.68. The third-order valence-corrected chi connectivity index (χ3v) is 3.88. The van der Waals surface area contributed by atoms with Crippen LogP contribution in [0.1, 0.15) is 5.76 Å². The quantitative estimate of drug-likeness (QED) is 0.724. The van der Waals surface area contributed by atoms with Gasteiger partial charge in [0.25, 0.3) is 0 Å². The van der Waals surface area contributed by atoms with E-state index in [1.807, 2.05) is 6.07 Å². The van der Waals surface area contributed by atoms with E-state index in [9.17, 15) is 0 Å². The standard InChI is InChI=1S/C11H7BrCl3NO/c12-6-1-2-17-11(6)5-16-10-4-8(14)7(13)3-9(10)15/h1-4,16H,5H2. The number of benzene rings is 1. The van der Waals surface area contributed by atoms with Crippen LogP contribution in [0.3, 0.4) is 0 Å². The lowest BCUT2D eigenvalue weighted by Gasteiger charge is -2.08. The molecule has 1 heterocycles. The van der Waals surface area contributed by atoms with Crippen molar-refractivity contribution in [3.8, 4) is 0 Å². The van der Waals surface area contributed by atoms with Crippen molar-refractivity contribution in [2.75, 3.05) is 5.32 Å². The Hall–Kier alpha value is -0.350. The SMILES string of the molecule is Clc1cc(Cl)c(NCc2occc2Br)cc1Cl. The molecule has 1 aromatic heterocycles. The normalized spacial score (nSPS) is 10.6. The molecule has 0 radical (unpaired) electrons. The van der Waals surface area contributed by atoms with Crippen LogP contribution in [0.15, 0.2) is 33.4 Å². The third-order valence-electron chi connectivity index (χ3n) is 2.14. The minimum Gasteiger partial charge on any atom is -0.466 e. The van der Waals surface area contributed by atoms with E-state index in [-0.39, 0.29) is 0 Å². The fraction of sp³-hybridized carbons (Fsp3) is 0.0909. The molecule has 2 rings (SSSR count). The summed E-state index contributed by atoms with van der Waals surface area (Å²) in [5, 5.41) is 4.53. The second-order valence-electron chi connectivity index (χ2n) is 3.29. The van der Waals surface area contributed by atoms with Crippen molar-refractivity contribution in [1.29, 1.82) is 0 Å². The Morgan fingerprint density at radius 3 is 2.47 bits per heavy atom. The summed E-state index contributed by atoms with van der Waals surface area (Å²) in [5.74, 6) is 0.784. The highest BCUT2D eigenvalue weighted by Gasteiger charge is 2.08. The molecule has 1 aromatic carbocycles. The first-order chi connectivity index (χ1) is 8.08. The highest BCUT2D eigenvalue weighted by molar-refractivity contribution is 9.10. The lowest BCUT2D eigenvalue weighted by molar-refractivity contribution is 0.516. The molecule has 0 aliphatic carbocycles. The molecule has 2 aromatic rings. The van der Waals surface area contributed by atoms with Gasteiger partial charge in [-0.2, -0.15) is 0 Å². The van der Waals surface area contributed by atoms with E-state index in [0.29, 0.717) is 27.3 Å². The van der Waals surface area contributed by atoms with Crippen LogP contribution in [0.4, 0.5) is 5.69 Å². The van der Waals surface area contributed by atoms with Crippen LogP contribution in [-0.2, 0) is 6.54 Å². The Morgan fingerprint density at radius 1 is 1.12 bits per heavy atom. The van der Waals surface area contributed by atoms with Gasteiger partial charge in [-0.15, -0.1) is 0 Å². The topological polar surface area (TPSA) is 25.2 Å². The second-order valence-corrected chi connectivity index (χ2v) is 5.37. The van der Waals surface area contributed by atoms with E-state index >= 15 is 0 Å². The van der Waals surface area contributed by atoms with E-state index in [4.69, 9.17) is 39.2 Å². The van der Waals surface area contributed by atoms with Crippen LogP contribution in [0, 0.1) is 0 Å². The van der Waals surface area contributed by atoms with Gasteiger partial charge in [-0.1, -0.05) is 34.8 Å². The number of hydrogen-bond donors (Lipinski definition) is 1. The largest absolute Gasteiger partial charge is 0.466 e. The monoisotopic (exact) mass is 353 g/mol. The molecule has 17 heavy (non-hydrogen) atoms. The molecule has 0 amide bonds. The summed E-state index contributed by atoms with van der Waals surface area (Å²) in [4.78, 5) is 0. The molecule has 0 unspecified atom stereocenters. The number of halogens is 4. The summed E-state index contributed by atoms with van der Waals surface area (Å²) in [6.45, 7) is 0.505. The molecular weight excluding hydrogens is 348 g/mol. The Balaban J connectivity index is 2.14. The summed E-state index contributed by atoms with van der Waals surface area (Å²) >= 11 is 21.2. The number of nitrogens with one attached hydrogen (secondary N) is 1. The molecule has 2 nitrogen and oxygen atoms in total. The van der Waals surface area contributed by atoms with Crippen molar-refractivity contribution >= 4 is 56.4 Å². The number of hydrogen-bond acceptors (Lipinski definition) is 2. The zero-order chi connectivity index (χ0) is 12.4. The van der Waals surface area contributed by atoms with Gasteiger partial charge in [-0.3, -0.25) is 0 Å². The molecular formula is C11H7BrCl3NO. The van der Waals surface area contributed by atoms with Gasteiger partial charge in [-0.25, -0.2) is 0 Å². The molecule has 0 atom stereocenters. The lowest BCUT2D eigenvalue weighted by Crippen LogP contribution is -1.99. The molecule has 0 aliphatic heterocycles. The van der Waals surface area contributed by atoms with Crippen LogP contribution < -0.4 is 5.32 Å². The summed E-state index contributed by atoms with van der Waals surface area (Å²) in [6.07, 6.45) is 1.61. The zero-order valence-electron chi connectivity index (χ0n) is 8.44. The maximum Gasteiger partial charge on any atom is 0.136 e. The summed E-state index contributed by atoms with van der Waals surface area (Å²) in [6, 6.07) is 5.11. The minimum absolute atomic E-state index is 0.432. The van der Waals surface area contributed by atoms with Crippen molar-refractivity contribution in [3.63, 3.8) is 0 Å². The lowest BCUT2D eigenvalue weighted by atomic mass is 10.3. The Kier molecular flexibility index (Phi) is 4.26. The third kappa shape index (κ3) is 3.10. The van der Waals surface area contributed by atoms with Crippen LogP contribution in [0.25, 0.3) is 0 Å². The molecule has 90 valence electrons. The van der Waals surface area contributed by atoms with Gasteiger partial charge in [0.15, 0.2) is 0 Å². The van der Waals surface area contributed by atoms with Gasteiger partial charge < -0.3 is 9.73 Å². The van der Waals surface area contributed by atoms with Crippen molar-refractivity contribution in [2.45, 2.75) is 6.54 Å². The molecule has 0 saturated carbocycles. The highest BCUT2D eigenvalue weighted by Crippen LogP contribution is 2.32. The Labute approximate surface area is 122 Å². The number of anilines is 1. The molecule has 0 spiro atoms. The molecule has 0 bridgehead atoms. The van der Waals surface area contributed by atoms with Crippen molar-refractivity contribution in [1.82, 2.24) is 0 Å². The van der Waals surface area contributed by atoms with Crippen molar-refractivity contribution in [3.05, 3.63) is 49.8 Å². The van der Waals surface area contributed by atoms with Crippen molar-refractivity contribution < 1.29 is 4.42 Å². The molecule has 6 heteroatoms. The number of furan rings is 1. The van der Waals surface area contributed by atoms with Gasteiger partial charge in [0, 0.05) is 0 Å². The van der Waals surface area contributed by atoms with Crippen LogP contribution >= 0.6 is 50.7 Å². The summed E-state index contributed by atoms with van der Waals surface area (Å²) < 4.78 is 6.17. The fourth-order valence-corrected chi connectivity index (χ4v) is 2.24. The first kappa shape index (κ1) is 13.1. The predicted octanol–water partition coefficient (Wildman–Crippen LogP) is 5.61. The number of rotatable bonds is 3. The maximum atomic E-state index is 6.03. The van der Waals surface area contributed by atoms with Crippen LogP contribution in [-0.4, -0.2) is 0 Å². The van der Waals surface area contributed by atoms with E-state index in [2.05, 4.69) is 21.2 Å². The minimum atomic E-state index is 0.432. The highest BCUT2D eigenvalue weighted by atomic mass is 79.9. The summed E-state index contributed by atoms with van der Waals surface area (Å²) in [5.41, 5.74) is 0.712. The van der Waals surface area contributed by atoms with Gasteiger partial charge in [0.2, 0.25) is 0 Å². The predicted molar refractivity (Wildman–Crippen MR) is 75.2 cm³/mol. The molecule has 0 fully saturated rings. The second kappa shape index (κ2) is 5.53. The Bertz CT molecular complexity index is 542. The van der Waals surface area contributed by atoms with E-state index in [0.717, 1.165) is 10.2 Å². The van der Waals surface area contributed by atoms with Gasteiger partial charge in [-0.05, 0) is 34.1 Å². The van der Waals surface area contributed by atoms with Crippen molar-refractivity contribution in [2.24, 2.45) is 0 Å².